The monoisotopic (exact) mass is 266 g/mol. The van der Waals surface area contributed by atoms with Crippen LogP contribution in [0.4, 0.5) is 11.6 Å². The maximum absolute atomic E-state index is 10.7. The first-order valence-electron chi connectivity index (χ1n) is 5.10. The summed E-state index contributed by atoms with van der Waals surface area (Å²) in [4.78, 5) is 10.7. The van der Waals surface area contributed by atoms with Crippen LogP contribution >= 0.6 is 11.6 Å². The number of anilines is 2. The highest BCUT2D eigenvalue weighted by molar-refractivity contribution is 6.32. The molecule has 1 heterocycles. The molecule has 94 valence electrons. The van der Waals surface area contributed by atoms with E-state index >= 15 is 0 Å². The number of aromatic nitrogens is 2. The Morgan fingerprint density at radius 1 is 1.39 bits per heavy atom. The van der Waals surface area contributed by atoms with Crippen molar-refractivity contribution < 1.29 is 9.90 Å². The van der Waals surface area contributed by atoms with Gasteiger partial charge in [-0.2, -0.15) is 0 Å². The molecule has 0 spiro atoms. The Balaban J connectivity index is 2.54. The van der Waals surface area contributed by atoms with E-state index in [-0.39, 0.29) is 18.1 Å². The van der Waals surface area contributed by atoms with Gasteiger partial charge in [-0.3, -0.25) is 4.79 Å². The van der Waals surface area contributed by atoms with Crippen LogP contribution in [0.5, 0.6) is 0 Å². The molecule has 0 aliphatic rings. The van der Waals surface area contributed by atoms with Crippen molar-refractivity contribution in [2.45, 2.75) is 6.42 Å². The third kappa shape index (κ3) is 2.10. The van der Waals surface area contributed by atoms with Crippen molar-refractivity contribution in [2.24, 2.45) is 0 Å². The molecule has 1 aromatic heterocycles. The summed E-state index contributed by atoms with van der Waals surface area (Å²) in [6.45, 7) is 0. The number of carbonyl (C=O) groups is 1. The van der Waals surface area contributed by atoms with E-state index in [1.807, 2.05) is 0 Å². The van der Waals surface area contributed by atoms with Crippen molar-refractivity contribution in [3.05, 3.63) is 34.9 Å². The number of nitrogen functional groups attached to an aromatic ring is 2. The lowest BCUT2D eigenvalue weighted by Crippen LogP contribution is -2.06. The SMILES string of the molecule is Nc1nn(-c2ccccc2Cl)c(N)c1CC(=O)O. The fraction of sp³-hybridized carbons (Fsp3) is 0.0909. The van der Waals surface area contributed by atoms with Gasteiger partial charge < -0.3 is 16.6 Å². The second kappa shape index (κ2) is 4.58. The second-order valence-electron chi connectivity index (χ2n) is 3.68. The van der Waals surface area contributed by atoms with Crippen LogP contribution in [-0.2, 0) is 11.2 Å². The molecule has 0 saturated heterocycles. The van der Waals surface area contributed by atoms with Gasteiger partial charge in [0.1, 0.15) is 5.82 Å². The summed E-state index contributed by atoms with van der Waals surface area (Å²) in [6.07, 6.45) is -0.276. The normalized spacial score (nSPS) is 10.5. The summed E-state index contributed by atoms with van der Waals surface area (Å²) in [7, 11) is 0. The number of hydrogen-bond acceptors (Lipinski definition) is 4. The average molecular weight is 267 g/mol. The number of rotatable bonds is 3. The van der Waals surface area contributed by atoms with Gasteiger partial charge in [-0.25, -0.2) is 4.68 Å². The average Bonchev–Trinajstić information content (AvgIpc) is 2.57. The lowest BCUT2D eigenvalue weighted by atomic mass is 10.2. The minimum Gasteiger partial charge on any atom is -0.481 e. The predicted octanol–water partition coefficient (Wildman–Crippen LogP) is 1.32. The van der Waals surface area contributed by atoms with Crippen molar-refractivity contribution in [3.8, 4) is 5.69 Å². The smallest absolute Gasteiger partial charge is 0.308 e. The quantitative estimate of drug-likeness (QED) is 0.776. The maximum atomic E-state index is 10.7. The Hall–Kier alpha value is -2.21. The van der Waals surface area contributed by atoms with Crippen LogP contribution in [0.1, 0.15) is 5.56 Å². The van der Waals surface area contributed by atoms with Crippen molar-refractivity contribution >= 4 is 29.2 Å². The molecule has 0 bridgehead atoms. The van der Waals surface area contributed by atoms with Crippen molar-refractivity contribution in [2.75, 3.05) is 11.5 Å². The molecule has 2 aromatic rings. The highest BCUT2D eigenvalue weighted by Gasteiger charge is 2.18. The molecule has 18 heavy (non-hydrogen) atoms. The molecule has 5 N–H and O–H groups in total. The molecular formula is C11H11ClN4O2. The summed E-state index contributed by atoms with van der Waals surface area (Å²) in [6, 6.07) is 6.95. The van der Waals surface area contributed by atoms with E-state index in [0.717, 1.165) is 0 Å². The lowest BCUT2D eigenvalue weighted by molar-refractivity contribution is -0.136. The van der Waals surface area contributed by atoms with Gasteiger partial charge in [0.2, 0.25) is 0 Å². The number of nitrogens with two attached hydrogens (primary N) is 2. The van der Waals surface area contributed by atoms with Gasteiger partial charge in [0.25, 0.3) is 0 Å². The number of hydrogen-bond donors (Lipinski definition) is 3. The molecule has 0 unspecified atom stereocenters. The molecule has 0 amide bonds. The highest BCUT2D eigenvalue weighted by atomic mass is 35.5. The molecule has 0 fully saturated rings. The molecule has 0 aliphatic heterocycles. The number of halogens is 1. The van der Waals surface area contributed by atoms with Crippen molar-refractivity contribution in [3.63, 3.8) is 0 Å². The van der Waals surface area contributed by atoms with E-state index in [1.54, 1.807) is 24.3 Å². The predicted molar refractivity (Wildman–Crippen MR) is 68.7 cm³/mol. The van der Waals surface area contributed by atoms with Crippen LogP contribution in [0.3, 0.4) is 0 Å². The van der Waals surface area contributed by atoms with Gasteiger partial charge >= 0.3 is 5.97 Å². The van der Waals surface area contributed by atoms with E-state index in [9.17, 15) is 4.79 Å². The first-order valence-corrected chi connectivity index (χ1v) is 5.48. The fourth-order valence-corrected chi connectivity index (χ4v) is 1.84. The number of para-hydroxylation sites is 1. The third-order valence-corrected chi connectivity index (χ3v) is 2.78. The van der Waals surface area contributed by atoms with Crippen LogP contribution in [0, 0.1) is 0 Å². The van der Waals surface area contributed by atoms with E-state index in [1.165, 1.54) is 4.68 Å². The van der Waals surface area contributed by atoms with Crippen LogP contribution < -0.4 is 11.5 Å². The standard InChI is InChI=1S/C11H11ClN4O2/c12-7-3-1-2-4-8(7)16-11(14)6(5-9(17)18)10(13)15-16/h1-4H,5,14H2,(H2,13,15)(H,17,18). The molecule has 7 heteroatoms. The van der Waals surface area contributed by atoms with Crippen LogP contribution in [0.25, 0.3) is 5.69 Å². The van der Waals surface area contributed by atoms with Crippen molar-refractivity contribution in [1.82, 2.24) is 9.78 Å². The van der Waals surface area contributed by atoms with E-state index < -0.39 is 5.97 Å². The molecule has 0 aliphatic carbocycles. The van der Waals surface area contributed by atoms with E-state index in [0.29, 0.717) is 16.3 Å². The first-order chi connectivity index (χ1) is 8.50. The van der Waals surface area contributed by atoms with E-state index in [2.05, 4.69) is 5.10 Å². The number of carboxylic acid groups (broad SMARTS) is 1. The van der Waals surface area contributed by atoms with Crippen LogP contribution in [-0.4, -0.2) is 20.9 Å². The third-order valence-electron chi connectivity index (χ3n) is 2.46. The molecule has 2 rings (SSSR count). The Labute approximate surface area is 108 Å². The zero-order chi connectivity index (χ0) is 13.3. The van der Waals surface area contributed by atoms with Gasteiger partial charge in [-0.1, -0.05) is 23.7 Å². The summed E-state index contributed by atoms with van der Waals surface area (Å²) in [5, 5.41) is 13.2. The van der Waals surface area contributed by atoms with Crippen molar-refractivity contribution in [1.29, 1.82) is 0 Å². The largest absolute Gasteiger partial charge is 0.481 e. The van der Waals surface area contributed by atoms with Gasteiger partial charge in [-0.05, 0) is 12.1 Å². The molecular weight excluding hydrogens is 256 g/mol. The van der Waals surface area contributed by atoms with Gasteiger partial charge in [0.15, 0.2) is 5.82 Å². The zero-order valence-electron chi connectivity index (χ0n) is 9.30. The first kappa shape index (κ1) is 12.3. The second-order valence-corrected chi connectivity index (χ2v) is 4.09. The number of carboxylic acids is 1. The number of aliphatic carboxylic acids is 1. The lowest BCUT2D eigenvalue weighted by Gasteiger charge is -2.06. The zero-order valence-corrected chi connectivity index (χ0v) is 10.1. The Kier molecular flexibility index (Phi) is 3.12. The summed E-state index contributed by atoms with van der Waals surface area (Å²) in [5.74, 6) is -0.745. The minimum atomic E-state index is -1.02. The molecule has 0 saturated carbocycles. The molecule has 0 radical (unpaired) electrons. The van der Waals surface area contributed by atoms with E-state index in [4.69, 9.17) is 28.2 Å². The minimum absolute atomic E-state index is 0.0924. The molecule has 0 atom stereocenters. The molecule has 6 nitrogen and oxygen atoms in total. The number of benzene rings is 1. The fourth-order valence-electron chi connectivity index (χ4n) is 1.62. The Morgan fingerprint density at radius 3 is 2.67 bits per heavy atom. The summed E-state index contributed by atoms with van der Waals surface area (Å²) < 4.78 is 1.34. The maximum Gasteiger partial charge on any atom is 0.308 e. The Bertz CT molecular complexity index is 609. The number of nitrogens with zero attached hydrogens (tertiary/aromatic N) is 2. The molecule has 1 aromatic carbocycles. The van der Waals surface area contributed by atoms with Crippen LogP contribution in [0.15, 0.2) is 24.3 Å². The van der Waals surface area contributed by atoms with Gasteiger partial charge in [0, 0.05) is 5.56 Å². The Morgan fingerprint density at radius 2 is 2.06 bits per heavy atom. The highest BCUT2D eigenvalue weighted by Crippen LogP contribution is 2.27. The van der Waals surface area contributed by atoms with Gasteiger partial charge in [-0.15, -0.1) is 5.10 Å². The topological polar surface area (TPSA) is 107 Å². The van der Waals surface area contributed by atoms with Gasteiger partial charge in [0.05, 0.1) is 17.1 Å². The summed E-state index contributed by atoms with van der Waals surface area (Å²) >= 11 is 6.02. The van der Waals surface area contributed by atoms with Crippen LogP contribution in [0.2, 0.25) is 5.02 Å². The summed E-state index contributed by atoms with van der Waals surface area (Å²) in [5.41, 5.74) is 12.4.